The zero-order valence-corrected chi connectivity index (χ0v) is 7.71. The summed E-state index contributed by atoms with van der Waals surface area (Å²) in [5, 5.41) is 0. The Bertz CT molecular complexity index is 316. The number of H-pyrrole nitrogens is 1. The molecule has 0 radical (unpaired) electrons. The van der Waals surface area contributed by atoms with Crippen LogP contribution in [-0.4, -0.2) is 11.2 Å². The van der Waals surface area contributed by atoms with Crippen LogP contribution in [0.5, 0.6) is 0 Å². The van der Waals surface area contributed by atoms with Crippen LogP contribution in [0.2, 0.25) is 0 Å². The lowest BCUT2D eigenvalue weighted by atomic mass is 10.3. The second-order valence-electron chi connectivity index (χ2n) is 2.47. The standard InChI is InChI=1S/C8H11NOS/c1-5-4-7(10)8(11-3)6(2)9-5/h4H,1-3H3,(H,9,10). The van der Waals surface area contributed by atoms with Gasteiger partial charge in [0.05, 0.1) is 4.90 Å². The molecule has 0 aliphatic heterocycles. The number of hydrogen-bond donors (Lipinski definition) is 1. The summed E-state index contributed by atoms with van der Waals surface area (Å²) in [6.45, 7) is 3.80. The van der Waals surface area contributed by atoms with Crippen LogP contribution in [0.15, 0.2) is 15.8 Å². The van der Waals surface area contributed by atoms with E-state index < -0.39 is 0 Å². The van der Waals surface area contributed by atoms with Crippen LogP contribution in [0, 0.1) is 13.8 Å². The summed E-state index contributed by atoms with van der Waals surface area (Å²) in [6.07, 6.45) is 1.91. The van der Waals surface area contributed by atoms with E-state index in [0.717, 1.165) is 16.3 Å². The quantitative estimate of drug-likeness (QED) is 0.649. The van der Waals surface area contributed by atoms with Gasteiger partial charge in [0.1, 0.15) is 0 Å². The average molecular weight is 169 g/mol. The fourth-order valence-corrected chi connectivity index (χ4v) is 1.71. The van der Waals surface area contributed by atoms with Gasteiger partial charge in [-0.2, -0.15) is 0 Å². The molecule has 0 aromatic carbocycles. The molecule has 0 amide bonds. The van der Waals surface area contributed by atoms with Crippen LogP contribution < -0.4 is 5.43 Å². The lowest BCUT2D eigenvalue weighted by molar-refractivity contribution is 1.04. The van der Waals surface area contributed by atoms with Crippen LogP contribution in [0.1, 0.15) is 11.4 Å². The zero-order chi connectivity index (χ0) is 8.43. The molecule has 2 nitrogen and oxygen atoms in total. The van der Waals surface area contributed by atoms with Gasteiger partial charge >= 0.3 is 0 Å². The number of hydrogen-bond acceptors (Lipinski definition) is 2. The first-order chi connectivity index (χ1) is 5.15. The van der Waals surface area contributed by atoms with Gasteiger partial charge in [0, 0.05) is 17.5 Å². The van der Waals surface area contributed by atoms with E-state index in [9.17, 15) is 4.79 Å². The van der Waals surface area contributed by atoms with Gasteiger partial charge in [-0.1, -0.05) is 0 Å². The highest BCUT2D eigenvalue weighted by molar-refractivity contribution is 7.98. The molecule has 1 aromatic rings. The van der Waals surface area contributed by atoms with Crippen molar-refractivity contribution in [1.82, 2.24) is 4.98 Å². The highest BCUT2D eigenvalue weighted by Gasteiger charge is 2.01. The highest BCUT2D eigenvalue weighted by Crippen LogP contribution is 2.12. The number of aromatic amines is 1. The van der Waals surface area contributed by atoms with Crippen molar-refractivity contribution >= 4 is 11.8 Å². The monoisotopic (exact) mass is 169 g/mol. The van der Waals surface area contributed by atoms with E-state index in [1.165, 1.54) is 11.8 Å². The Labute approximate surface area is 70.0 Å². The molecule has 1 aromatic heterocycles. The number of pyridine rings is 1. The normalized spacial score (nSPS) is 10.1. The van der Waals surface area contributed by atoms with Crippen molar-refractivity contribution in [1.29, 1.82) is 0 Å². The Kier molecular flexibility index (Phi) is 2.39. The molecule has 60 valence electrons. The van der Waals surface area contributed by atoms with E-state index in [1.54, 1.807) is 6.07 Å². The van der Waals surface area contributed by atoms with Crippen molar-refractivity contribution in [3.8, 4) is 0 Å². The number of aryl methyl sites for hydroxylation is 2. The van der Waals surface area contributed by atoms with Crippen LogP contribution in [0.25, 0.3) is 0 Å². The van der Waals surface area contributed by atoms with Gasteiger partial charge in [-0.15, -0.1) is 11.8 Å². The molecule has 0 unspecified atom stereocenters. The largest absolute Gasteiger partial charge is 0.362 e. The van der Waals surface area contributed by atoms with Gasteiger partial charge in [0.25, 0.3) is 0 Å². The molecule has 11 heavy (non-hydrogen) atoms. The molecule has 0 saturated carbocycles. The SMILES string of the molecule is CSc1c(C)[nH]c(C)cc1=O. The van der Waals surface area contributed by atoms with Gasteiger partial charge in [0.15, 0.2) is 5.43 Å². The molecule has 1 N–H and O–H groups in total. The second-order valence-corrected chi connectivity index (χ2v) is 3.29. The fourth-order valence-electron chi connectivity index (χ4n) is 1.09. The summed E-state index contributed by atoms with van der Waals surface area (Å²) >= 11 is 1.49. The number of thioether (sulfide) groups is 1. The lowest BCUT2D eigenvalue weighted by Gasteiger charge is -2.01. The summed E-state index contributed by atoms with van der Waals surface area (Å²) < 4.78 is 0. The molecule has 1 heterocycles. The second kappa shape index (κ2) is 3.13. The van der Waals surface area contributed by atoms with Crippen molar-refractivity contribution in [2.24, 2.45) is 0 Å². The molecule has 0 spiro atoms. The van der Waals surface area contributed by atoms with E-state index in [0.29, 0.717) is 0 Å². The number of rotatable bonds is 1. The van der Waals surface area contributed by atoms with Crippen molar-refractivity contribution in [2.75, 3.05) is 6.26 Å². The zero-order valence-electron chi connectivity index (χ0n) is 6.89. The average Bonchev–Trinajstić information content (AvgIpc) is 1.85. The molecular formula is C8H11NOS. The van der Waals surface area contributed by atoms with Crippen LogP contribution in [0.3, 0.4) is 0 Å². The molecule has 0 atom stereocenters. The highest BCUT2D eigenvalue weighted by atomic mass is 32.2. The van der Waals surface area contributed by atoms with Crippen molar-refractivity contribution in [3.05, 3.63) is 27.7 Å². The summed E-state index contributed by atoms with van der Waals surface area (Å²) in [5.74, 6) is 0. The Morgan fingerprint density at radius 2 is 2.09 bits per heavy atom. The van der Waals surface area contributed by atoms with Gasteiger partial charge in [-0.3, -0.25) is 4.79 Å². The van der Waals surface area contributed by atoms with E-state index in [2.05, 4.69) is 4.98 Å². The summed E-state index contributed by atoms with van der Waals surface area (Å²) in [4.78, 5) is 15.2. The maximum atomic E-state index is 11.3. The predicted octanol–water partition coefficient (Wildman–Crippen LogP) is 1.71. The van der Waals surface area contributed by atoms with Crippen LogP contribution >= 0.6 is 11.8 Å². The molecular weight excluding hydrogens is 158 g/mol. The first kappa shape index (κ1) is 8.40. The van der Waals surface area contributed by atoms with E-state index >= 15 is 0 Å². The Hall–Kier alpha value is -0.700. The van der Waals surface area contributed by atoms with Crippen molar-refractivity contribution < 1.29 is 0 Å². The van der Waals surface area contributed by atoms with Gasteiger partial charge in [0.2, 0.25) is 0 Å². The van der Waals surface area contributed by atoms with E-state index in [1.807, 2.05) is 20.1 Å². The van der Waals surface area contributed by atoms with Gasteiger partial charge in [-0.25, -0.2) is 0 Å². The minimum Gasteiger partial charge on any atom is -0.362 e. The molecule has 0 fully saturated rings. The minimum atomic E-state index is 0.117. The molecule has 0 saturated heterocycles. The van der Waals surface area contributed by atoms with E-state index in [-0.39, 0.29) is 5.43 Å². The maximum Gasteiger partial charge on any atom is 0.195 e. The summed E-state index contributed by atoms with van der Waals surface area (Å²) in [7, 11) is 0. The third-order valence-corrected chi connectivity index (χ3v) is 2.42. The van der Waals surface area contributed by atoms with E-state index in [4.69, 9.17) is 0 Å². The smallest absolute Gasteiger partial charge is 0.195 e. The summed E-state index contributed by atoms with van der Waals surface area (Å²) in [5.41, 5.74) is 2.00. The summed E-state index contributed by atoms with van der Waals surface area (Å²) in [6, 6.07) is 1.62. The molecule has 0 aliphatic rings. The topological polar surface area (TPSA) is 32.9 Å². The Morgan fingerprint density at radius 1 is 1.45 bits per heavy atom. The van der Waals surface area contributed by atoms with Gasteiger partial charge < -0.3 is 4.98 Å². The predicted molar refractivity (Wildman–Crippen MR) is 48.3 cm³/mol. The first-order valence-electron chi connectivity index (χ1n) is 3.39. The fraction of sp³-hybridized carbons (Fsp3) is 0.375. The first-order valence-corrected chi connectivity index (χ1v) is 4.62. The molecule has 3 heteroatoms. The number of aromatic nitrogens is 1. The minimum absolute atomic E-state index is 0.117. The Morgan fingerprint density at radius 3 is 2.55 bits per heavy atom. The maximum absolute atomic E-state index is 11.3. The third kappa shape index (κ3) is 1.66. The molecule has 1 rings (SSSR count). The van der Waals surface area contributed by atoms with Gasteiger partial charge in [-0.05, 0) is 20.1 Å². The number of nitrogens with one attached hydrogen (secondary N) is 1. The Balaban J connectivity index is 3.37. The van der Waals surface area contributed by atoms with Crippen LogP contribution in [-0.2, 0) is 0 Å². The molecule has 0 aliphatic carbocycles. The van der Waals surface area contributed by atoms with Crippen molar-refractivity contribution in [3.63, 3.8) is 0 Å². The third-order valence-electron chi connectivity index (χ3n) is 1.50. The van der Waals surface area contributed by atoms with Crippen LogP contribution in [0.4, 0.5) is 0 Å². The lowest BCUT2D eigenvalue weighted by Crippen LogP contribution is -2.07. The van der Waals surface area contributed by atoms with Crippen molar-refractivity contribution in [2.45, 2.75) is 18.7 Å². The molecule has 0 bridgehead atoms.